The predicted octanol–water partition coefficient (Wildman–Crippen LogP) is 5.67. The number of carbonyl (C=O) groups is 1. The molecule has 170 valence electrons. The molecule has 0 unspecified atom stereocenters. The minimum atomic E-state index is -3.69. The Bertz CT molecular complexity index is 1010. The molecule has 2 rings (SSSR count). The monoisotopic (exact) mass is 506 g/mol. The van der Waals surface area contributed by atoms with E-state index in [-0.39, 0.29) is 5.75 Å². The number of hydrogen-bond donors (Lipinski definition) is 0. The molecule has 0 heterocycles. The quantitative estimate of drug-likeness (QED) is 0.306. The van der Waals surface area contributed by atoms with Crippen LogP contribution < -0.4 is 9.47 Å². The van der Waals surface area contributed by atoms with Gasteiger partial charge in [-0.05, 0) is 48.7 Å². The maximum atomic E-state index is 11.8. The second-order valence-corrected chi connectivity index (χ2v) is 11.0. The molecule has 9 heteroatoms. The molecule has 2 aromatic carbocycles. The summed E-state index contributed by atoms with van der Waals surface area (Å²) in [5, 5.41) is 0.810. The summed E-state index contributed by atoms with van der Waals surface area (Å²) < 4.78 is 34.6. The van der Waals surface area contributed by atoms with Gasteiger partial charge in [-0.25, -0.2) is 8.42 Å². The molecular formula is C22H25Cl3O5S. The van der Waals surface area contributed by atoms with Gasteiger partial charge in [-0.3, -0.25) is 4.79 Å². The van der Waals surface area contributed by atoms with Crippen molar-refractivity contribution < 1.29 is 22.7 Å². The van der Waals surface area contributed by atoms with Crippen molar-refractivity contribution in [1.82, 2.24) is 0 Å². The van der Waals surface area contributed by atoms with E-state index in [9.17, 15) is 13.2 Å². The van der Waals surface area contributed by atoms with E-state index in [1.165, 1.54) is 6.92 Å². The second kappa shape index (κ2) is 10.4. The highest BCUT2D eigenvalue weighted by molar-refractivity contribution is 7.91. The molecule has 0 spiro atoms. The fraction of sp³-hybridized carbons (Fsp3) is 0.409. The van der Waals surface area contributed by atoms with Crippen molar-refractivity contribution in [3.05, 3.63) is 57.6 Å². The summed E-state index contributed by atoms with van der Waals surface area (Å²) >= 11 is 18.5. The highest BCUT2D eigenvalue weighted by Gasteiger charge is 2.29. The van der Waals surface area contributed by atoms with Crippen LogP contribution in [-0.2, 0) is 20.0 Å². The zero-order chi connectivity index (χ0) is 23.4. The number of sulfone groups is 1. The Balaban J connectivity index is 2.29. The van der Waals surface area contributed by atoms with Crippen molar-refractivity contribution in [1.29, 1.82) is 0 Å². The van der Waals surface area contributed by atoms with Gasteiger partial charge in [0.05, 0.1) is 16.7 Å². The van der Waals surface area contributed by atoms with Gasteiger partial charge in [0.15, 0.2) is 21.4 Å². The number of rotatable bonds is 10. The third-order valence-electron chi connectivity index (χ3n) is 4.78. The first-order valence-corrected chi connectivity index (χ1v) is 12.8. The number of halogens is 3. The molecule has 0 aliphatic heterocycles. The first kappa shape index (κ1) is 25.8. The van der Waals surface area contributed by atoms with Gasteiger partial charge < -0.3 is 9.47 Å². The predicted molar refractivity (Wildman–Crippen MR) is 126 cm³/mol. The van der Waals surface area contributed by atoms with Gasteiger partial charge in [-0.1, -0.05) is 49.2 Å². The number of Topliss-reactive ketones (excluding diaryl/α,β-unsaturated/α-hetero) is 1. The Morgan fingerprint density at radius 1 is 1.06 bits per heavy atom. The van der Waals surface area contributed by atoms with Crippen LogP contribution >= 0.6 is 34.8 Å². The van der Waals surface area contributed by atoms with Crippen LogP contribution in [0.25, 0.3) is 0 Å². The number of ketones is 1. The SMILES string of the molecule is CC(=O)[C@@H](Oc1ccc(C(C)(C)c2cc(Cl)c(OCCCCl)c(Cl)c2)cc1)S(C)(=O)=O. The summed E-state index contributed by atoms with van der Waals surface area (Å²) in [6, 6.07) is 10.5. The van der Waals surface area contributed by atoms with Gasteiger partial charge in [0.1, 0.15) is 5.75 Å². The van der Waals surface area contributed by atoms with E-state index in [4.69, 9.17) is 44.3 Å². The van der Waals surface area contributed by atoms with Crippen molar-refractivity contribution in [2.24, 2.45) is 0 Å². The van der Waals surface area contributed by atoms with Crippen molar-refractivity contribution >= 4 is 50.4 Å². The molecule has 0 saturated heterocycles. The smallest absolute Gasteiger partial charge is 0.255 e. The van der Waals surface area contributed by atoms with Gasteiger partial charge >= 0.3 is 0 Å². The summed E-state index contributed by atoms with van der Waals surface area (Å²) in [5.74, 6) is 0.610. The van der Waals surface area contributed by atoms with Gasteiger partial charge in [-0.15, -0.1) is 11.6 Å². The molecule has 2 aromatic rings. The van der Waals surface area contributed by atoms with Crippen LogP contribution in [0.5, 0.6) is 11.5 Å². The average molecular weight is 508 g/mol. The minimum Gasteiger partial charge on any atom is -0.490 e. The maximum Gasteiger partial charge on any atom is 0.255 e. The average Bonchev–Trinajstić information content (AvgIpc) is 2.67. The Kier molecular flexibility index (Phi) is 8.68. The summed E-state index contributed by atoms with van der Waals surface area (Å²) in [6.45, 7) is 5.61. The van der Waals surface area contributed by atoms with Crippen LogP contribution in [0.2, 0.25) is 10.0 Å². The Hall–Kier alpha value is -1.47. The van der Waals surface area contributed by atoms with Crippen LogP contribution in [-0.4, -0.2) is 38.4 Å². The third-order valence-corrected chi connectivity index (χ3v) is 6.82. The Labute approximate surface area is 198 Å². The van der Waals surface area contributed by atoms with Crippen LogP contribution in [0.3, 0.4) is 0 Å². The highest BCUT2D eigenvalue weighted by atomic mass is 35.5. The number of benzene rings is 2. The fourth-order valence-corrected chi connectivity index (χ4v) is 4.59. The Morgan fingerprint density at radius 2 is 1.61 bits per heavy atom. The summed E-state index contributed by atoms with van der Waals surface area (Å²) in [6.07, 6.45) is 1.65. The molecule has 31 heavy (non-hydrogen) atoms. The van der Waals surface area contributed by atoms with E-state index in [2.05, 4.69) is 0 Å². The molecule has 0 radical (unpaired) electrons. The van der Waals surface area contributed by atoms with Crippen molar-refractivity contribution in [2.75, 3.05) is 18.7 Å². The molecule has 5 nitrogen and oxygen atoms in total. The number of alkyl halides is 1. The topological polar surface area (TPSA) is 69.7 Å². The largest absolute Gasteiger partial charge is 0.490 e. The normalized spacial score (nSPS) is 13.0. The Morgan fingerprint density at radius 3 is 2.06 bits per heavy atom. The van der Waals surface area contributed by atoms with E-state index < -0.39 is 26.5 Å². The van der Waals surface area contributed by atoms with E-state index >= 15 is 0 Å². The van der Waals surface area contributed by atoms with Gasteiger partial charge in [0, 0.05) is 17.6 Å². The van der Waals surface area contributed by atoms with Gasteiger partial charge in [-0.2, -0.15) is 0 Å². The molecule has 0 aliphatic rings. The lowest BCUT2D eigenvalue weighted by Gasteiger charge is -2.27. The van der Waals surface area contributed by atoms with Gasteiger partial charge in [0.25, 0.3) is 5.44 Å². The zero-order valence-electron chi connectivity index (χ0n) is 17.7. The lowest BCUT2D eigenvalue weighted by Crippen LogP contribution is -2.33. The standard InChI is InChI=1S/C22H25Cl3O5S/c1-14(26)21(31(4,27)28)30-17-8-6-15(7-9-17)22(2,3)16-12-18(24)20(19(25)13-16)29-11-5-10-23/h6-9,12-13,21H,5,10-11H2,1-4H3/t21-/m0/s1. The van der Waals surface area contributed by atoms with Crippen LogP contribution in [0.4, 0.5) is 0 Å². The molecule has 0 saturated carbocycles. The van der Waals surface area contributed by atoms with E-state index in [1.807, 2.05) is 38.1 Å². The molecular weight excluding hydrogens is 483 g/mol. The van der Waals surface area contributed by atoms with Gasteiger partial charge in [0.2, 0.25) is 0 Å². The van der Waals surface area contributed by atoms with Crippen molar-refractivity contribution in [3.8, 4) is 11.5 Å². The van der Waals surface area contributed by atoms with Crippen molar-refractivity contribution in [2.45, 2.75) is 38.0 Å². The summed E-state index contributed by atoms with van der Waals surface area (Å²) in [4.78, 5) is 11.6. The van der Waals surface area contributed by atoms with Crippen LogP contribution in [0.1, 0.15) is 38.3 Å². The molecule has 0 aromatic heterocycles. The molecule has 0 fully saturated rings. The highest BCUT2D eigenvalue weighted by Crippen LogP contribution is 2.40. The van der Waals surface area contributed by atoms with Crippen molar-refractivity contribution in [3.63, 3.8) is 0 Å². The fourth-order valence-electron chi connectivity index (χ4n) is 3.00. The molecule has 0 bridgehead atoms. The second-order valence-electron chi connectivity index (χ2n) is 7.70. The van der Waals surface area contributed by atoms with E-state index in [0.29, 0.717) is 34.7 Å². The third kappa shape index (κ3) is 6.51. The lowest BCUT2D eigenvalue weighted by molar-refractivity contribution is -0.120. The van der Waals surface area contributed by atoms with E-state index in [0.717, 1.165) is 17.4 Å². The maximum absolute atomic E-state index is 11.8. The summed E-state index contributed by atoms with van der Waals surface area (Å²) in [5.41, 5.74) is -0.215. The first-order valence-electron chi connectivity index (χ1n) is 9.52. The minimum absolute atomic E-state index is 0.282. The number of ether oxygens (including phenoxy) is 2. The van der Waals surface area contributed by atoms with Crippen LogP contribution in [0.15, 0.2) is 36.4 Å². The number of carbonyl (C=O) groups excluding carboxylic acids is 1. The molecule has 0 N–H and O–H groups in total. The lowest BCUT2D eigenvalue weighted by atomic mass is 9.78. The number of hydrogen-bond acceptors (Lipinski definition) is 5. The zero-order valence-corrected chi connectivity index (χ0v) is 20.8. The molecule has 0 amide bonds. The molecule has 1 atom stereocenters. The molecule has 0 aliphatic carbocycles. The first-order chi connectivity index (χ1) is 14.4. The van der Waals surface area contributed by atoms with E-state index in [1.54, 1.807) is 12.1 Å². The summed E-state index contributed by atoms with van der Waals surface area (Å²) in [7, 11) is -3.69. The van der Waals surface area contributed by atoms with Crippen LogP contribution in [0, 0.1) is 0 Å².